The van der Waals surface area contributed by atoms with E-state index in [1.54, 1.807) is 6.08 Å². The van der Waals surface area contributed by atoms with E-state index in [2.05, 4.69) is 55.6 Å². The molecule has 3 unspecified atom stereocenters. The molecule has 0 rings (SSSR count). The number of carbonyl (C=O) groups excluding carboxylic acids is 1. The molecule has 0 aliphatic carbocycles. The average Bonchev–Trinajstić information content (AvgIpc) is 3.20. The van der Waals surface area contributed by atoms with Gasteiger partial charge in [0, 0.05) is 13.0 Å². The lowest BCUT2D eigenvalue weighted by Crippen LogP contribution is -2.45. The molecular weight excluding hydrogens is 732 g/mol. The van der Waals surface area contributed by atoms with Crippen molar-refractivity contribution in [3.8, 4) is 0 Å². The molecule has 334 valence electrons. The lowest BCUT2D eigenvalue weighted by Gasteiger charge is -2.23. The molecule has 0 aliphatic heterocycles. The minimum Gasteiger partial charge on any atom is -0.387 e. The summed E-state index contributed by atoms with van der Waals surface area (Å²) in [7, 11) is -4.34. The Morgan fingerprint density at radius 3 is 1.40 bits per heavy atom. The van der Waals surface area contributed by atoms with E-state index in [0.29, 0.717) is 6.42 Å². The zero-order valence-electron chi connectivity index (χ0n) is 37.1. The molecule has 0 radical (unpaired) electrons. The molecule has 0 aromatic rings. The summed E-state index contributed by atoms with van der Waals surface area (Å²) in [4.78, 5) is 22.8. The van der Waals surface area contributed by atoms with Crippen LogP contribution in [0.1, 0.15) is 219 Å². The van der Waals surface area contributed by atoms with Gasteiger partial charge in [-0.05, 0) is 57.8 Å². The fourth-order valence-corrected chi connectivity index (χ4v) is 7.55. The summed E-state index contributed by atoms with van der Waals surface area (Å²) in [6.07, 6.45) is 54.4. The number of aliphatic hydroxyl groups is 1. The van der Waals surface area contributed by atoms with Gasteiger partial charge in [-0.25, -0.2) is 4.57 Å². The number of hydrogen-bond donors (Lipinski definition) is 4. The third-order valence-electron chi connectivity index (χ3n) is 10.4. The van der Waals surface area contributed by atoms with Crippen molar-refractivity contribution in [2.75, 3.05) is 19.8 Å². The Kier molecular flexibility index (Phi) is 42.8. The number of aliphatic hydroxyl groups excluding tert-OH is 1. The number of carbonyl (C=O) groups is 1. The van der Waals surface area contributed by atoms with E-state index in [0.717, 1.165) is 57.8 Å². The van der Waals surface area contributed by atoms with Crippen LogP contribution in [-0.4, -0.2) is 47.8 Å². The van der Waals surface area contributed by atoms with Crippen molar-refractivity contribution in [1.29, 1.82) is 0 Å². The SMILES string of the molecule is CCCCCCC/C=C\C/C=C\C/C=C\CCCCCCCCCCC(=O)NC(COP(=O)(O)OCCN)C(O)/C=C/CCCCCCCCCCCCCCC. The Balaban J connectivity index is 4.15. The first kappa shape index (κ1) is 55.5. The topological polar surface area (TPSA) is 131 Å². The molecule has 0 aromatic carbocycles. The van der Waals surface area contributed by atoms with Crippen LogP contribution in [0, 0.1) is 0 Å². The number of phosphoric ester groups is 1. The Bertz CT molecular complexity index is 1030. The van der Waals surface area contributed by atoms with Crippen LogP contribution >= 0.6 is 7.82 Å². The fourth-order valence-electron chi connectivity index (χ4n) is 6.79. The molecule has 8 nitrogen and oxygen atoms in total. The second kappa shape index (κ2) is 44.0. The molecule has 1 amide bonds. The van der Waals surface area contributed by atoms with Crippen LogP contribution in [0.3, 0.4) is 0 Å². The molecule has 57 heavy (non-hydrogen) atoms. The lowest BCUT2D eigenvalue weighted by molar-refractivity contribution is -0.123. The first-order valence-electron chi connectivity index (χ1n) is 23.8. The summed E-state index contributed by atoms with van der Waals surface area (Å²) < 4.78 is 22.2. The average molecular weight is 823 g/mol. The second-order valence-corrected chi connectivity index (χ2v) is 17.4. The Morgan fingerprint density at radius 2 is 0.965 bits per heavy atom. The predicted octanol–water partition coefficient (Wildman–Crippen LogP) is 13.7. The molecule has 9 heteroatoms. The number of nitrogens with two attached hydrogens (primary N) is 1. The van der Waals surface area contributed by atoms with Crippen LogP contribution < -0.4 is 11.1 Å². The van der Waals surface area contributed by atoms with Gasteiger partial charge in [0.2, 0.25) is 5.91 Å². The van der Waals surface area contributed by atoms with Crippen LogP contribution in [0.2, 0.25) is 0 Å². The number of rotatable bonds is 44. The van der Waals surface area contributed by atoms with Gasteiger partial charge in [0.25, 0.3) is 0 Å². The highest BCUT2D eigenvalue weighted by Gasteiger charge is 2.26. The lowest BCUT2D eigenvalue weighted by atomic mass is 10.0. The number of phosphoric acid groups is 1. The molecule has 0 heterocycles. The maximum Gasteiger partial charge on any atom is 0.472 e. The maximum absolute atomic E-state index is 12.8. The van der Waals surface area contributed by atoms with Gasteiger partial charge in [-0.15, -0.1) is 0 Å². The fraction of sp³-hybridized carbons (Fsp3) is 0.812. The largest absolute Gasteiger partial charge is 0.472 e. The Morgan fingerprint density at radius 1 is 0.579 bits per heavy atom. The number of hydrogen-bond acceptors (Lipinski definition) is 6. The van der Waals surface area contributed by atoms with E-state index in [4.69, 9.17) is 14.8 Å². The predicted molar refractivity (Wildman–Crippen MR) is 244 cm³/mol. The van der Waals surface area contributed by atoms with Crippen molar-refractivity contribution in [1.82, 2.24) is 5.32 Å². The van der Waals surface area contributed by atoms with Gasteiger partial charge in [-0.2, -0.15) is 0 Å². The molecule has 5 N–H and O–H groups in total. The van der Waals surface area contributed by atoms with E-state index in [-0.39, 0.29) is 25.7 Å². The van der Waals surface area contributed by atoms with E-state index >= 15 is 0 Å². The highest BCUT2D eigenvalue weighted by Crippen LogP contribution is 2.43. The molecular formula is C48H91N2O6P. The minimum absolute atomic E-state index is 0.0759. The molecule has 0 saturated heterocycles. The zero-order chi connectivity index (χ0) is 41.8. The van der Waals surface area contributed by atoms with Crippen LogP contribution in [0.15, 0.2) is 48.6 Å². The number of unbranched alkanes of at least 4 members (excludes halogenated alkanes) is 26. The quantitative estimate of drug-likeness (QED) is 0.0273. The zero-order valence-corrected chi connectivity index (χ0v) is 38.0. The summed E-state index contributed by atoms with van der Waals surface area (Å²) >= 11 is 0. The maximum atomic E-state index is 12.8. The van der Waals surface area contributed by atoms with Gasteiger partial charge >= 0.3 is 7.82 Å². The number of allylic oxidation sites excluding steroid dienone is 7. The normalized spacial score (nSPS) is 14.4. The monoisotopic (exact) mass is 823 g/mol. The van der Waals surface area contributed by atoms with Crippen molar-refractivity contribution < 1.29 is 28.4 Å². The van der Waals surface area contributed by atoms with Gasteiger partial charge in [0.1, 0.15) is 0 Å². The van der Waals surface area contributed by atoms with Crippen LogP contribution in [-0.2, 0) is 18.4 Å². The smallest absolute Gasteiger partial charge is 0.387 e. The van der Waals surface area contributed by atoms with E-state index < -0.39 is 20.0 Å². The van der Waals surface area contributed by atoms with Crippen molar-refractivity contribution in [2.45, 2.75) is 231 Å². The van der Waals surface area contributed by atoms with Crippen LogP contribution in [0.25, 0.3) is 0 Å². The molecule has 0 saturated carbocycles. The molecule has 0 aromatic heterocycles. The molecule has 0 aliphatic rings. The minimum atomic E-state index is -4.34. The van der Waals surface area contributed by atoms with Crippen molar-refractivity contribution in [3.63, 3.8) is 0 Å². The first-order chi connectivity index (χ1) is 27.9. The third-order valence-corrected chi connectivity index (χ3v) is 11.4. The first-order valence-corrected chi connectivity index (χ1v) is 25.3. The standard InChI is InChI=1S/C48H91N2O6P/c1-3-5-7-9-11-13-15-17-19-20-21-22-23-24-25-26-28-30-32-34-36-38-40-42-48(52)50-46(45-56-57(53,54)55-44-43-49)47(51)41-39-37-35-33-31-29-27-18-16-14-12-10-8-6-4-2/h15,17,20-21,23-24,39,41,46-47,51H,3-14,16,18-19,22,25-38,40,42-45,49H2,1-2H3,(H,50,52)(H,53,54)/b17-15-,21-20-,24-23-,41-39+. The summed E-state index contributed by atoms with van der Waals surface area (Å²) in [5.74, 6) is -0.202. The van der Waals surface area contributed by atoms with Crippen LogP contribution in [0.4, 0.5) is 0 Å². The van der Waals surface area contributed by atoms with Gasteiger partial charge in [-0.3, -0.25) is 13.8 Å². The van der Waals surface area contributed by atoms with Crippen LogP contribution in [0.5, 0.6) is 0 Å². The van der Waals surface area contributed by atoms with E-state index in [9.17, 15) is 19.4 Å². The molecule has 0 spiro atoms. The number of amides is 1. The van der Waals surface area contributed by atoms with Crippen molar-refractivity contribution in [2.24, 2.45) is 5.73 Å². The van der Waals surface area contributed by atoms with Gasteiger partial charge in [-0.1, -0.05) is 204 Å². The Hall–Kier alpha value is -1.54. The van der Waals surface area contributed by atoms with Crippen molar-refractivity contribution >= 4 is 13.7 Å². The highest BCUT2D eigenvalue weighted by atomic mass is 31.2. The van der Waals surface area contributed by atoms with E-state index in [1.165, 1.54) is 141 Å². The molecule has 0 fully saturated rings. The van der Waals surface area contributed by atoms with Gasteiger partial charge < -0.3 is 21.1 Å². The second-order valence-electron chi connectivity index (χ2n) is 16.0. The number of nitrogens with one attached hydrogen (secondary N) is 1. The summed E-state index contributed by atoms with van der Waals surface area (Å²) in [5.41, 5.74) is 5.38. The summed E-state index contributed by atoms with van der Waals surface area (Å²) in [6, 6.07) is -0.865. The third kappa shape index (κ3) is 42.4. The van der Waals surface area contributed by atoms with Gasteiger partial charge in [0.15, 0.2) is 0 Å². The highest BCUT2D eigenvalue weighted by molar-refractivity contribution is 7.47. The summed E-state index contributed by atoms with van der Waals surface area (Å²) in [5, 5.41) is 13.7. The Labute approximate surface area is 352 Å². The van der Waals surface area contributed by atoms with Gasteiger partial charge in [0.05, 0.1) is 25.4 Å². The van der Waals surface area contributed by atoms with E-state index in [1.807, 2.05) is 6.08 Å². The summed E-state index contributed by atoms with van der Waals surface area (Å²) in [6.45, 7) is 4.12. The van der Waals surface area contributed by atoms with Crippen molar-refractivity contribution in [3.05, 3.63) is 48.6 Å². The molecule has 3 atom stereocenters. The molecule has 0 bridgehead atoms.